The summed E-state index contributed by atoms with van der Waals surface area (Å²) in [5.41, 5.74) is 8.10. The van der Waals surface area contributed by atoms with Gasteiger partial charge in [-0.15, -0.1) is 0 Å². The van der Waals surface area contributed by atoms with Crippen molar-refractivity contribution in [2.45, 2.75) is 61.7 Å². The molecule has 0 unspecified atom stereocenters. The molecule has 0 saturated heterocycles. The predicted molar refractivity (Wildman–Crippen MR) is 167 cm³/mol. The van der Waals surface area contributed by atoms with Crippen LogP contribution < -0.4 is 20.1 Å². The number of aliphatic hydroxyl groups excluding tert-OH is 1. The Balaban J connectivity index is 1.39. The molecular weight excluding hydrogens is 606 g/mol. The fourth-order valence-electron chi connectivity index (χ4n) is 7.24. The number of sulfonamides is 1. The molecule has 4 aliphatic rings. The maximum absolute atomic E-state index is 13.4. The standard InChI is InChI=1S/C32H38ClN3O7S/c33-23-9-11-26-20(14-23)4-3-13-32(26)18-36-16-22-7-10-25(22)28(37)6-2-1-5-24(17-42-31(34)39)44(40,41)35-30(38)21-8-12-29(43-19-32)27(36)15-21/h2,6,8-9,11-12,14-15,22,24-25,28,37H,1,3-5,7,10,13,16-19H2,(H2,34,39)(H,35,38)/b6-2-/t22-,24-,25+,28-,32-/m0/s1. The summed E-state index contributed by atoms with van der Waals surface area (Å²) >= 11 is 6.37. The molecule has 2 amide bonds. The first-order valence-electron chi connectivity index (χ1n) is 15.2. The molecule has 44 heavy (non-hydrogen) atoms. The molecule has 236 valence electrons. The number of nitrogens with zero attached hydrogens (tertiary/aromatic N) is 1. The molecule has 2 bridgehead atoms. The maximum atomic E-state index is 13.4. The van der Waals surface area contributed by atoms with Crippen LogP contribution in [0.2, 0.25) is 5.02 Å². The zero-order valence-corrected chi connectivity index (χ0v) is 26.0. The number of anilines is 1. The lowest BCUT2D eigenvalue weighted by Crippen LogP contribution is -2.49. The van der Waals surface area contributed by atoms with Gasteiger partial charge in [-0.2, -0.15) is 0 Å². The number of benzene rings is 2. The number of primary amides is 1. The van der Waals surface area contributed by atoms with E-state index in [0.717, 1.165) is 32.1 Å². The number of fused-ring (bicyclic) bond motifs is 4. The monoisotopic (exact) mass is 643 g/mol. The molecule has 2 heterocycles. The first-order valence-corrected chi connectivity index (χ1v) is 17.1. The molecule has 0 radical (unpaired) electrons. The van der Waals surface area contributed by atoms with E-state index in [-0.39, 0.29) is 29.2 Å². The highest BCUT2D eigenvalue weighted by atomic mass is 35.5. The van der Waals surface area contributed by atoms with Gasteiger partial charge in [0, 0.05) is 29.1 Å². The number of amides is 2. The van der Waals surface area contributed by atoms with Crippen LogP contribution in [-0.4, -0.2) is 63.2 Å². The van der Waals surface area contributed by atoms with Gasteiger partial charge < -0.3 is 25.2 Å². The Kier molecular flexibility index (Phi) is 8.56. The third-order valence-electron chi connectivity index (χ3n) is 9.74. The van der Waals surface area contributed by atoms with Crippen molar-refractivity contribution < 1.29 is 32.6 Å². The number of aliphatic hydroxyl groups is 1. The highest BCUT2D eigenvalue weighted by Crippen LogP contribution is 2.46. The van der Waals surface area contributed by atoms with Gasteiger partial charge in [-0.1, -0.05) is 29.8 Å². The Bertz CT molecular complexity index is 1580. The smallest absolute Gasteiger partial charge is 0.404 e. The van der Waals surface area contributed by atoms with Crippen molar-refractivity contribution >= 4 is 39.3 Å². The van der Waals surface area contributed by atoms with Crippen LogP contribution in [0, 0.1) is 11.8 Å². The predicted octanol–water partition coefficient (Wildman–Crippen LogP) is 4.07. The van der Waals surface area contributed by atoms with Gasteiger partial charge in [0.25, 0.3) is 5.91 Å². The molecule has 1 spiro atoms. The fraction of sp³-hybridized carbons (Fsp3) is 0.500. The molecule has 2 aliphatic carbocycles. The number of carbonyl (C=O) groups is 2. The number of aryl methyl sites for hydroxylation is 1. The Morgan fingerprint density at radius 1 is 1.20 bits per heavy atom. The molecule has 2 aromatic rings. The average Bonchev–Trinajstić information content (AvgIpc) is 3.10. The highest BCUT2D eigenvalue weighted by molar-refractivity contribution is 7.90. The Hall–Kier alpha value is -3.28. The van der Waals surface area contributed by atoms with Gasteiger partial charge in [0.05, 0.1) is 18.4 Å². The minimum Gasteiger partial charge on any atom is -0.490 e. The summed E-state index contributed by atoms with van der Waals surface area (Å²) < 4.78 is 40.1. The van der Waals surface area contributed by atoms with E-state index >= 15 is 0 Å². The second-order valence-electron chi connectivity index (χ2n) is 12.5. The molecule has 4 N–H and O–H groups in total. The number of ether oxygens (including phenoxy) is 2. The van der Waals surface area contributed by atoms with Crippen molar-refractivity contribution in [1.29, 1.82) is 0 Å². The number of rotatable bonds is 2. The number of hydrogen-bond acceptors (Lipinski definition) is 8. The van der Waals surface area contributed by atoms with E-state index in [1.807, 2.05) is 12.1 Å². The van der Waals surface area contributed by atoms with Gasteiger partial charge >= 0.3 is 6.09 Å². The zero-order valence-electron chi connectivity index (χ0n) is 24.4. The molecular formula is C32H38ClN3O7S. The molecule has 2 aliphatic heterocycles. The molecule has 5 atom stereocenters. The third kappa shape index (κ3) is 6.14. The quantitative estimate of drug-likeness (QED) is 0.415. The number of nitrogens with two attached hydrogens (primary N) is 1. The molecule has 1 saturated carbocycles. The lowest BCUT2D eigenvalue weighted by molar-refractivity contribution is 0.0456. The number of halogens is 1. The van der Waals surface area contributed by atoms with Gasteiger partial charge in [-0.05, 0) is 98.2 Å². The summed E-state index contributed by atoms with van der Waals surface area (Å²) in [5.74, 6) is 0.0957. The van der Waals surface area contributed by atoms with Gasteiger partial charge in [-0.3, -0.25) is 4.79 Å². The number of allylic oxidation sites excluding steroid dienone is 1. The summed E-state index contributed by atoms with van der Waals surface area (Å²) in [6.45, 7) is 1.25. The molecule has 6 rings (SSSR count). The van der Waals surface area contributed by atoms with E-state index in [1.54, 1.807) is 30.4 Å². The van der Waals surface area contributed by atoms with Crippen LogP contribution in [0.4, 0.5) is 10.5 Å². The normalized spacial score (nSPS) is 30.4. The first-order chi connectivity index (χ1) is 21.0. The first kappa shape index (κ1) is 30.7. The van der Waals surface area contributed by atoms with Crippen molar-refractivity contribution in [3.05, 3.63) is 70.3 Å². The number of hydrogen-bond donors (Lipinski definition) is 3. The second kappa shape index (κ2) is 12.3. The third-order valence-corrected chi connectivity index (χ3v) is 11.7. The molecule has 2 aromatic carbocycles. The number of carbonyl (C=O) groups excluding carboxylic acids is 2. The Morgan fingerprint density at radius 2 is 2.05 bits per heavy atom. The summed E-state index contributed by atoms with van der Waals surface area (Å²) in [6.07, 6.45) is 6.75. The van der Waals surface area contributed by atoms with Crippen LogP contribution in [-0.2, 0) is 26.6 Å². The summed E-state index contributed by atoms with van der Waals surface area (Å²) in [5, 5.41) is 10.6. The minimum absolute atomic E-state index is 0.0457. The van der Waals surface area contributed by atoms with Gasteiger partial charge in [-0.25, -0.2) is 17.9 Å². The van der Waals surface area contributed by atoms with Crippen molar-refractivity contribution in [1.82, 2.24) is 4.72 Å². The van der Waals surface area contributed by atoms with E-state index in [1.165, 1.54) is 11.1 Å². The van der Waals surface area contributed by atoms with E-state index in [2.05, 4.69) is 15.7 Å². The van der Waals surface area contributed by atoms with Gasteiger partial charge in [0.15, 0.2) is 0 Å². The van der Waals surface area contributed by atoms with Gasteiger partial charge in [0.2, 0.25) is 10.0 Å². The van der Waals surface area contributed by atoms with Gasteiger partial charge in [0.1, 0.15) is 17.6 Å². The van der Waals surface area contributed by atoms with E-state index in [9.17, 15) is 23.1 Å². The van der Waals surface area contributed by atoms with Crippen LogP contribution in [0.25, 0.3) is 0 Å². The van der Waals surface area contributed by atoms with Crippen LogP contribution in [0.1, 0.15) is 60.0 Å². The Labute approximate surface area is 262 Å². The second-order valence-corrected chi connectivity index (χ2v) is 14.9. The minimum atomic E-state index is -4.25. The van der Waals surface area contributed by atoms with Crippen molar-refractivity contribution in [3.63, 3.8) is 0 Å². The SMILES string of the molecule is NC(=O)OC[C@@H]1CC/C=C\[C@H](O)[C@@H]2CC[C@H]2CN2C[C@@]3(CCCc4cc(Cl)ccc43)COc3ccc(cc32)C(=O)NS1(=O)=O. The highest BCUT2D eigenvalue weighted by Gasteiger charge is 2.44. The van der Waals surface area contributed by atoms with Crippen molar-refractivity contribution in [3.8, 4) is 5.75 Å². The van der Waals surface area contributed by atoms with Crippen molar-refractivity contribution in [2.24, 2.45) is 17.6 Å². The Morgan fingerprint density at radius 3 is 2.82 bits per heavy atom. The topological polar surface area (TPSA) is 148 Å². The van der Waals surface area contributed by atoms with Crippen LogP contribution in [0.15, 0.2) is 48.6 Å². The lowest BCUT2D eigenvalue weighted by atomic mass is 9.68. The van der Waals surface area contributed by atoms with Crippen LogP contribution >= 0.6 is 11.6 Å². The zero-order chi connectivity index (χ0) is 31.1. The van der Waals surface area contributed by atoms with E-state index < -0.39 is 40.0 Å². The largest absolute Gasteiger partial charge is 0.490 e. The van der Waals surface area contributed by atoms with Crippen molar-refractivity contribution in [2.75, 3.05) is 31.2 Å². The molecule has 12 heteroatoms. The summed E-state index contributed by atoms with van der Waals surface area (Å²) in [6, 6.07) is 11.0. The fourth-order valence-corrected chi connectivity index (χ4v) is 8.68. The average molecular weight is 644 g/mol. The summed E-state index contributed by atoms with van der Waals surface area (Å²) in [7, 11) is -4.25. The van der Waals surface area contributed by atoms with E-state index in [0.29, 0.717) is 42.6 Å². The number of nitrogens with one attached hydrogen (secondary N) is 1. The molecule has 1 fully saturated rings. The lowest BCUT2D eigenvalue weighted by Gasteiger charge is -2.45. The van der Waals surface area contributed by atoms with Crippen LogP contribution in [0.3, 0.4) is 0 Å². The molecule has 0 aromatic heterocycles. The van der Waals surface area contributed by atoms with E-state index in [4.69, 9.17) is 26.8 Å². The summed E-state index contributed by atoms with van der Waals surface area (Å²) in [4.78, 5) is 26.9. The maximum Gasteiger partial charge on any atom is 0.404 e. The molecule has 10 nitrogen and oxygen atoms in total. The van der Waals surface area contributed by atoms with Crippen LogP contribution in [0.5, 0.6) is 5.75 Å².